The molecule has 0 aliphatic heterocycles. The lowest BCUT2D eigenvalue weighted by Gasteiger charge is -2.11. The number of fused-ring (bicyclic) bond motifs is 9. The SMILES string of the molecule is Cc1cccc(Cn2c3ccccc3c3c(C(N)=O)cccc32)c1.Cc1ccccc1Cn1c2cccc(OCC(=O)O)c2c2c(C(N)=O)cccc21.N#Cc1cccc(Cn2c3cccc(OCC(=O)O)c3c3c(C(N)=O)cccc32)c1. The van der Waals surface area contributed by atoms with Gasteiger partial charge >= 0.3 is 11.9 Å². The van der Waals surface area contributed by atoms with Crippen molar-refractivity contribution in [1.29, 1.82) is 5.26 Å². The summed E-state index contributed by atoms with van der Waals surface area (Å²) < 4.78 is 17.4. The van der Waals surface area contributed by atoms with Crippen LogP contribution in [0.3, 0.4) is 0 Å². The zero-order chi connectivity index (χ0) is 58.5. The van der Waals surface area contributed by atoms with Crippen molar-refractivity contribution in [2.75, 3.05) is 13.2 Å². The number of aryl methyl sites for hydroxylation is 2. The van der Waals surface area contributed by atoms with Crippen LogP contribution >= 0.6 is 0 Å². The monoisotopic (exact) mass is 1100 g/mol. The number of para-hydroxylation sites is 1. The van der Waals surface area contributed by atoms with Crippen LogP contribution in [-0.2, 0) is 29.2 Å². The van der Waals surface area contributed by atoms with Gasteiger partial charge in [0.15, 0.2) is 13.2 Å². The van der Waals surface area contributed by atoms with Gasteiger partial charge in [0.25, 0.3) is 0 Å². The second-order valence-electron chi connectivity index (χ2n) is 19.9. The number of hydrogen-bond acceptors (Lipinski definition) is 8. The molecule has 0 atom stereocenters. The summed E-state index contributed by atoms with van der Waals surface area (Å²) in [4.78, 5) is 58.2. The first-order chi connectivity index (χ1) is 40.1. The molecule has 8 N–H and O–H groups in total. The van der Waals surface area contributed by atoms with E-state index in [0.717, 1.165) is 67.1 Å². The molecule has 0 fully saturated rings. The summed E-state index contributed by atoms with van der Waals surface area (Å²) in [7, 11) is 0. The van der Waals surface area contributed by atoms with Crippen LogP contribution in [0.1, 0.15) is 64.5 Å². The number of nitrogens with two attached hydrogens (primary N) is 3. The number of ether oxygens (including phenoxy) is 2. The van der Waals surface area contributed by atoms with Gasteiger partial charge in [-0.15, -0.1) is 0 Å². The van der Waals surface area contributed by atoms with Gasteiger partial charge in [0.1, 0.15) is 11.5 Å². The number of nitrogens with zero attached hydrogens (tertiary/aromatic N) is 4. The van der Waals surface area contributed by atoms with Gasteiger partial charge in [0.05, 0.1) is 50.0 Å². The Morgan fingerprint density at radius 3 is 1.36 bits per heavy atom. The van der Waals surface area contributed by atoms with Crippen LogP contribution in [0, 0.1) is 25.2 Å². The molecule has 3 aromatic heterocycles. The number of amides is 3. The molecule has 3 heterocycles. The van der Waals surface area contributed by atoms with E-state index in [1.54, 1.807) is 60.7 Å². The molecular weight excluding hydrogens is 1050 g/mol. The number of aromatic nitrogens is 3. The zero-order valence-corrected chi connectivity index (χ0v) is 45.2. The lowest BCUT2D eigenvalue weighted by Crippen LogP contribution is -2.11. The molecule has 16 heteroatoms. The van der Waals surface area contributed by atoms with E-state index in [-0.39, 0.29) is 5.91 Å². The maximum Gasteiger partial charge on any atom is 0.341 e. The van der Waals surface area contributed by atoms with E-state index in [0.29, 0.717) is 68.4 Å². The minimum Gasteiger partial charge on any atom is -0.481 e. The summed E-state index contributed by atoms with van der Waals surface area (Å²) in [6.07, 6.45) is 0. The minimum atomic E-state index is -1.10. The Morgan fingerprint density at radius 1 is 0.446 bits per heavy atom. The van der Waals surface area contributed by atoms with Gasteiger partial charge in [-0.1, -0.05) is 115 Å². The van der Waals surface area contributed by atoms with Crippen molar-refractivity contribution < 1.29 is 43.7 Å². The van der Waals surface area contributed by atoms with Gasteiger partial charge in [-0.2, -0.15) is 5.26 Å². The molecule has 0 aliphatic carbocycles. The summed E-state index contributed by atoms with van der Waals surface area (Å²) in [5, 5.41) is 31.8. The molecule has 3 amide bonds. The first kappa shape index (κ1) is 55.1. The number of carboxylic acid groups (broad SMARTS) is 2. The molecule has 9 aromatic carbocycles. The van der Waals surface area contributed by atoms with Crippen molar-refractivity contribution in [2.45, 2.75) is 33.5 Å². The molecule has 83 heavy (non-hydrogen) atoms. The van der Waals surface area contributed by atoms with Crippen molar-refractivity contribution in [3.63, 3.8) is 0 Å². The van der Waals surface area contributed by atoms with E-state index in [1.165, 1.54) is 11.1 Å². The van der Waals surface area contributed by atoms with Gasteiger partial charge in [0, 0.05) is 63.4 Å². The fraction of sp³-hybridized carbons (Fsp3) is 0.104. The molecule has 12 rings (SSSR count). The topological polar surface area (TPSA) is 261 Å². The molecule has 12 aromatic rings. The number of hydrogen-bond donors (Lipinski definition) is 5. The highest BCUT2D eigenvalue weighted by Crippen LogP contribution is 2.40. The second-order valence-corrected chi connectivity index (χ2v) is 19.9. The van der Waals surface area contributed by atoms with E-state index >= 15 is 0 Å². The average Bonchev–Trinajstić information content (AvgIpc) is 2.56. The summed E-state index contributed by atoms with van der Waals surface area (Å²) in [6.45, 7) is 4.97. The Balaban J connectivity index is 0.000000140. The highest BCUT2D eigenvalue weighted by molar-refractivity contribution is 6.21. The predicted molar refractivity (Wildman–Crippen MR) is 321 cm³/mol. The fourth-order valence-corrected chi connectivity index (χ4v) is 10.9. The number of carbonyl (C=O) groups is 5. The number of carbonyl (C=O) groups excluding carboxylic acids is 3. The summed E-state index contributed by atoms with van der Waals surface area (Å²) in [5.74, 6) is -2.91. The number of carboxylic acids is 2. The third kappa shape index (κ3) is 11.2. The van der Waals surface area contributed by atoms with E-state index in [4.69, 9.17) is 36.9 Å². The predicted octanol–water partition coefficient (Wildman–Crippen LogP) is 11.2. The van der Waals surface area contributed by atoms with Gasteiger partial charge in [-0.05, 0) is 115 Å². The quantitative estimate of drug-likeness (QED) is 0.0648. The zero-order valence-electron chi connectivity index (χ0n) is 45.2. The highest BCUT2D eigenvalue weighted by Gasteiger charge is 2.23. The third-order valence-corrected chi connectivity index (χ3v) is 14.5. The van der Waals surface area contributed by atoms with Gasteiger partial charge in [-0.25, -0.2) is 9.59 Å². The maximum atomic E-state index is 12.1. The van der Waals surface area contributed by atoms with Gasteiger partial charge in [-0.3, -0.25) is 14.4 Å². The molecule has 0 saturated heterocycles. The Hall–Kier alpha value is -11.2. The van der Waals surface area contributed by atoms with Gasteiger partial charge < -0.3 is 50.6 Å². The molecule has 412 valence electrons. The highest BCUT2D eigenvalue weighted by atomic mass is 16.5. The molecule has 0 bridgehead atoms. The molecule has 0 unspecified atom stereocenters. The van der Waals surface area contributed by atoms with E-state index in [1.807, 2.05) is 77.4 Å². The van der Waals surface area contributed by atoms with E-state index < -0.39 is 37.0 Å². The van der Waals surface area contributed by atoms with Crippen molar-refractivity contribution in [3.8, 4) is 17.6 Å². The van der Waals surface area contributed by atoms with E-state index in [9.17, 15) is 29.2 Å². The average molecular weight is 1100 g/mol. The number of rotatable bonds is 15. The van der Waals surface area contributed by atoms with Crippen LogP contribution in [0.2, 0.25) is 0 Å². The minimum absolute atomic E-state index is 0.327. The van der Waals surface area contributed by atoms with Crippen molar-refractivity contribution in [3.05, 3.63) is 238 Å². The van der Waals surface area contributed by atoms with Crippen LogP contribution in [0.4, 0.5) is 0 Å². The fourth-order valence-electron chi connectivity index (χ4n) is 10.9. The summed E-state index contributed by atoms with van der Waals surface area (Å²) in [5.41, 5.74) is 29.8. The molecule has 0 aliphatic rings. The van der Waals surface area contributed by atoms with Crippen LogP contribution in [-0.4, -0.2) is 66.8 Å². The number of primary amides is 3. The second kappa shape index (κ2) is 23.7. The van der Waals surface area contributed by atoms with Gasteiger partial charge in [0.2, 0.25) is 17.7 Å². The summed E-state index contributed by atoms with van der Waals surface area (Å²) >= 11 is 0. The lowest BCUT2D eigenvalue weighted by atomic mass is 10.1. The lowest BCUT2D eigenvalue weighted by molar-refractivity contribution is -0.140. The number of nitriles is 1. The largest absolute Gasteiger partial charge is 0.481 e. The normalized spacial score (nSPS) is 11.0. The number of benzene rings is 9. The maximum absolute atomic E-state index is 12.1. The van der Waals surface area contributed by atoms with Crippen LogP contribution < -0.4 is 26.7 Å². The van der Waals surface area contributed by atoms with Crippen LogP contribution in [0.5, 0.6) is 11.5 Å². The number of aliphatic carboxylic acids is 2. The molecule has 0 radical (unpaired) electrons. The third-order valence-electron chi connectivity index (χ3n) is 14.5. The Kier molecular flexibility index (Phi) is 15.7. The molecule has 16 nitrogen and oxygen atoms in total. The van der Waals surface area contributed by atoms with Crippen LogP contribution in [0.15, 0.2) is 188 Å². The standard InChI is InChI=1S/C23H17N3O4.C23H20N2O4.C21H18N2O/c24-11-14-4-1-5-15(10-14)12-26-17-7-2-6-16(23(25)29)21(17)22-18(26)8-3-9-19(22)30-13-20(27)28;1-14-6-2-3-7-15(14)12-25-17-9-4-8-16(23(24)28)21(17)22-18(25)10-5-11-19(22)29-13-20(26)27;1-14-6-4-7-15(12-14)13-23-18-10-3-2-8-16(18)20-17(21(22)24)9-5-11-19(20)23/h1-10H,12-13H2,(H2,25,29)(H,27,28);2-11H,12-13H2,1H3,(H2,24,28)(H,26,27);2-12H,13H2,1H3,(H2,22,24). The van der Waals surface area contributed by atoms with Crippen LogP contribution in [0.25, 0.3) is 65.4 Å². The summed E-state index contributed by atoms with van der Waals surface area (Å²) in [6, 6.07) is 61.4. The first-order valence-electron chi connectivity index (χ1n) is 26.4. The van der Waals surface area contributed by atoms with Crippen molar-refractivity contribution in [1.82, 2.24) is 13.7 Å². The Bertz CT molecular complexity index is 4600. The van der Waals surface area contributed by atoms with Crippen molar-refractivity contribution >= 4 is 95.1 Å². The molecular formula is C67H55N7O9. The Labute approximate surface area is 475 Å². The van der Waals surface area contributed by atoms with E-state index in [2.05, 4.69) is 83.6 Å². The smallest absolute Gasteiger partial charge is 0.341 e. The Morgan fingerprint density at radius 2 is 0.855 bits per heavy atom. The molecule has 0 spiro atoms. The van der Waals surface area contributed by atoms with Crippen molar-refractivity contribution in [2.24, 2.45) is 17.2 Å². The first-order valence-corrected chi connectivity index (χ1v) is 26.4. The molecule has 0 saturated carbocycles.